The normalized spacial score (nSPS) is 19.0. The highest BCUT2D eigenvalue weighted by Gasteiger charge is 2.42. The molecule has 2 saturated heterocycles. The minimum Gasteiger partial charge on any atom is -0.368 e. The van der Waals surface area contributed by atoms with Crippen molar-refractivity contribution in [3.8, 4) is 0 Å². The van der Waals surface area contributed by atoms with Crippen LogP contribution in [0, 0.1) is 11.8 Å². The molecule has 0 spiro atoms. The lowest BCUT2D eigenvalue weighted by molar-refractivity contribution is -0.137. The molecule has 0 bridgehead atoms. The molecule has 1 aliphatic carbocycles. The number of urea groups is 1. The maximum atomic E-state index is 14.1. The molecule has 3 fully saturated rings. The first-order valence-electron chi connectivity index (χ1n) is 24.0. The Labute approximate surface area is 406 Å². The minimum atomic E-state index is -1.21. The summed E-state index contributed by atoms with van der Waals surface area (Å²) >= 11 is 1.84. The molecule has 2 aliphatic heterocycles. The van der Waals surface area contributed by atoms with Crippen LogP contribution in [-0.2, 0) is 51.2 Å². The Bertz CT molecular complexity index is 2060. The first-order valence-corrected chi connectivity index (χ1v) is 25.0. The summed E-state index contributed by atoms with van der Waals surface area (Å²) in [4.78, 5) is 116. The number of hydrogen-bond acceptors (Lipinski definition) is 11. The van der Waals surface area contributed by atoms with E-state index in [0.29, 0.717) is 43.0 Å². The monoisotopic (exact) mass is 976 g/mol. The van der Waals surface area contributed by atoms with Gasteiger partial charge < -0.3 is 48.3 Å². The number of unbranched alkanes of at least 4 members (excludes halogenated alkanes) is 2. The second-order valence-corrected chi connectivity index (χ2v) is 19.3. The van der Waals surface area contributed by atoms with Crippen LogP contribution < -0.4 is 53.7 Å². The van der Waals surface area contributed by atoms with E-state index in [1.165, 1.54) is 0 Å². The number of hydroxylamine groups is 1. The van der Waals surface area contributed by atoms with Crippen molar-refractivity contribution in [3.05, 3.63) is 71.8 Å². The summed E-state index contributed by atoms with van der Waals surface area (Å²) in [6, 6.07) is 14.6. The quantitative estimate of drug-likeness (QED) is 0.0234. The highest BCUT2D eigenvalue weighted by Crippen LogP contribution is 2.33. The summed E-state index contributed by atoms with van der Waals surface area (Å²) in [5, 5.41) is 31.4. The van der Waals surface area contributed by atoms with E-state index in [2.05, 4.69) is 42.5 Å². The summed E-state index contributed by atoms with van der Waals surface area (Å²) in [6.45, 7) is -0.696. The summed E-state index contributed by atoms with van der Waals surface area (Å²) in [5.74, 6) is -4.61. The van der Waals surface area contributed by atoms with E-state index < -0.39 is 78.5 Å². The Morgan fingerprint density at radius 2 is 1.32 bits per heavy atom. The topological polar surface area (TPSA) is 308 Å². The first kappa shape index (κ1) is 53.7. The van der Waals surface area contributed by atoms with E-state index in [-0.39, 0.29) is 55.6 Å². The lowest BCUT2D eigenvalue weighted by Gasteiger charge is -2.26. The van der Waals surface area contributed by atoms with Crippen molar-refractivity contribution in [1.29, 1.82) is 0 Å². The van der Waals surface area contributed by atoms with E-state index in [1.54, 1.807) is 60.1 Å². The molecule has 2 heterocycles. The van der Waals surface area contributed by atoms with Crippen LogP contribution >= 0.6 is 11.8 Å². The van der Waals surface area contributed by atoms with Gasteiger partial charge in [0.15, 0.2) is 0 Å². The van der Waals surface area contributed by atoms with Gasteiger partial charge in [-0.05, 0) is 55.6 Å². The van der Waals surface area contributed by atoms with Crippen LogP contribution in [0.15, 0.2) is 60.7 Å². The second-order valence-electron chi connectivity index (χ2n) is 18.1. The minimum absolute atomic E-state index is 0.0266. The molecule has 7 atom stereocenters. The molecule has 3 aliphatic rings. The number of rotatable bonds is 29. The number of carbonyl (C=O) groups excluding carboxylic acids is 9. The number of amides is 10. The number of primary amides is 1. The van der Waals surface area contributed by atoms with E-state index in [1.807, 2.05) is 17.8 Å². The van der Waals surface area contributed by atoms with Gasteiger partial charge in [-0.25, -0.2) is 10.3 Å². The van der Waals surface area contributed by atoms with Crippen molar-refractivity contribution in [2.75, 3.05) is 25.4 Å². The average Bonchev–Trinajstić information content (AvgIpc) is 4.09. The molecule has 12 N–H and O–H groups in total. The van der Waals surface area contributed by atoms with E-state index >= 15 is 0 Å². The molecule has 2 aromatic rings. The van der Waals surface area contributed by atoms with Crippen LogP contribution in [0.1, 0.15) is 94.6 Å². The van der Waals surface area contributed by atoms with Crippen LogP contribution in [0.25, 0.3) is 0 Å². The third-order valence-corrected chi connectivity index (χ3v) is 14.2. The molecular weight excluding hydrogens is 909 g/mol. The molecule has 1 unspecified atom stereocenters. The molecule has 5 rings (SSSR count). The van der Waals surface area contributed by atoms with Gasteiger partial charge in [0.1, 0.15) is 18.1 Å². The molecule has 0 radical (unpaired) electrons. The molecule has 20 nitrogen and oxygen atoms in total. The Morgan fingerprint density at radius 3 is 1.97 bits per heavy atom. The predicted molar refractivity (Wildman–Crippen MR) is 257 cm³/mol. The number of benzene rings is 2. The maximum absolute atomic E-state index is 14.1. The van der Waals surface area contributed by atoms with Crippen molar-refractivity contribution >= 4 is 65.1 Å². The van der Waals surface area contributed by atoms with Gasteiger partial charge in [-0.15, -0.1) is 0 Å². The highest BCUT2D eigenvalue weighted by atomic mass is 32.2. The summed E-state index contributed by atoms with van der Waals surface area (Å²) in [7, 11) is 0. The fourth-order valence-corrected chi connectivity index (χ4v) is 10.6. The third kappa shape index (κ3) is 18.7. The van der Waals surface area contributed by atoms with Gasteiger partial charge in [-0.3, -0.25) is 43.6 Å². The van der Waals surface area contributed by atoms with Crippen LogP contribution in [0.2, 0.25) is 0 Å². The number of carbonyl (C=O) groups is 9. The molecule has 21 heteroatoms. The van der Waals surface area contributed by atoms with Gasteiger partial charge >= 0.3 is 6.03 Å². The van der Waals surface area contributed by atoms with Crippen molar-refractivity contribution in [3.63, 3.8) is 0 Å². The van der Waals surface area contributed by atoms with Gasteiger partial charge in [0.25, 0.3) is 0 Å². The van der Waals surface area contributed by atoms with Gasteiger partial charge in [-0.2, -0.15) is 11.8 Å². The van der Waals surface area contributed by atoms with E-state index in [9.17, 15) is 48.4 Å². The van der Waals surface area contributed by atoms with Gasteiger partial charge in [0.2, 0.25) is 47.3 Å². The van der Waals surface area contributed by atoms with Crippen LogP contribution in [0.5, 0.6) is 0 Å². The third-order valence-electron chi connectivity index (χ3n) is 12.7. The summed E-state index contributed by atoms with van der Waals surface area (Å²) in [6.07, 6.45) is 8.17. The van der Waals surface area contributed by atoms with Crippen molar-refractivity contribution < 1.29 is 48.4 Å². The van der Waals surface area contributed by atoms with Crippen molar-refractivity contribution in [1.82, 2.24) is 48.0 Å². The molecule has 376 valence electrons. The van der Waals surface area contributed by atoms with Gasteiger partial charge in [0, 0.05) is 49.1 Å². The fourth-order valence-electron chi connectivity index (χ4n) is 9.01. The predicted octanol–water partition coefficient (Wildman–Crippen LogP) is 0.748. The average molecular weight is 977 g/mol. The van der Waals surface area contributed by atoms with E-state index in [0.717, 1.165) is 56.3 Å². The Hall–Kier alpha value is -6.22. The molecule has 2 aromatic carbocycles. The number of thioether (sulfide) groups is 1. The highest BCUT2D eigenvalue weighted by molar-refractivity contribution is 8.00. The van der Waals surface area contributed by atoms with Gasteiger partial charge in [0.05, 0.1) is 25.2 Å². The number of hydrogen-bond donors (Lipinski definition) is 11. The fraction of sp³-hybridized carbons (Fsp3) is 0.562. The van der Waals surface area contributed by atoms with Crippen LogP contribution in [0.3, 0.4) is 0 Å². The zero-order chi connectivity index (χ0) is 49.5. The molecule has 10 amide bonds. The van der Waals surface area contributed by atoms with Crippen molar-refractivity contribution in [2.24, 2.45) is 17.6 Å². The lowest BCUT2D eigenvalue weighted by atomic mass is 9.89. The van der Waals surface area contributed by atoms with Crippen LogP contribution in [0.4, 0.5) is 4.79 Å². The SMILES string of the molecule is NC(=O)[C@H](CCCCNC(=O)CCCC[C@@H]1SC[C@@H]2NC(=O)N[C@@H]21)NC(=O)CNC(=O)CNC(=O)[C@H](Cc1ccccc1)NC(=O)[C@H](Cc1ccccc1)NC(=O)C(CC(=O)NO)CC1CCCC1. The summed E-state index contributed by atoms with van der Waals surface area (Å²) in [5.41, 5.74) is 8.56. The Morgan fingerprint density at radius 1 is 0.681 bits per heavy atom. The Balaban J connectivity index is 1.06. The number of nitrogens with one attached hydrogen (secondary N) is 9. The first-order chi connectivity index (χ1) is 33.3. The number of fused-ring (bicyclic) bond motifs is 1. The standard InChI is InChI=1S/C48H68N10O10S/c49-44(63)34(19-11-12-22-50-39(59)21-10-9-20-38-43-37(29-69-38)56-48(67)57-43)53-42(62)28-51-41(61)27-52-46(65)35(24-31-13-3-1-4-14-31)55-47(66)36(25-32-15-5-2-6-16-32)54-45(64)33(26-40(60)58-68)23-30-17-7-8-18-30/h1-6,13-16,30,33-38,43,68H,7-12,17-29H2,(H2,49,63)(H,50,59)(H,51,61)(H,52,65)(H,53,62)(H,54,64)(H,55,66)(H,58,60)(H2,56,57,67)/t33?,34-,35-,36-,37-,38-,43-/m0/s1. The molecule has 69 heavy (non-hydrogen) atoms. The molecule has 0 aromatic heterocycles. The van der Waals surface area contributed by atoms with E-state index in [4.69, 9.17) is 5.73 Å². The lowest BCUT2D eigenvalue weighted by Crippen LogP contribution is -2.56. The van der Waals surface area contributed by atoms with Crippen LogP contribution in [-0.4, -0.2) is 119 Å². The maximum Gasteiger partial charge on any atom is 0.315 e. The zero-order valence-electron chi connectivity index (χ0n) is 38.9. The van der Waals surface area contributed by atoms with Gasteiger partial charge in [-0.1, -0.05) is 92.8 Å². The molecular formula is C48H68N10O10S. The second kappa shape index (κ2) is 28.3. The Kier molecular flexibility index (Phi) is 22.0. The smallest absolute Gasteiger partial charge is 0.315 e. The summed E-state index contributed by atoms with van der Waals surface area (Å²) < 4.78 is 0. The number of nitrogens with two attached hydrogens (primary N) is 1. The largest absolute Gasteiger partial charge is 0.368 e. The molecule has 1 saturated carbocycles. The zero-order valence-corrected chi connectivity index (χ0v) is 39.8. The van der Waals surface area contributed by atoms with Crippen molar-refractivity contribution in [2.45, 2.75) is 132 Å².